The van der Waals surface area contributed by atoms with E-state index in [1.807, 2.05) is 4.90 Å². The van der Waals surface area contributed by atoms with Gasteiger partial charge in [0.15, 0.2) is 5.84 Å². The molecular weight excluding hydrogens is 248 g/mol. The fourth-order valence-corrected chi connectivity index (χ4v) is 1.89. The number of amidine groups is 1. The van der Waals surface area contributed by atoms with Crippen LogP contribution in [0.5, 0.6) is 0 Å². The monoisotopic (exact) mass is 272 g/mol. The van der Waals surface area contributed by atoms with Crippen LogP contribution in [0, 0.1) is 0 Å². The summed E-state index contributed by atoms with van der Waals surface area (Å²) in [5, 5.41) is 33.0. The summed E-state index contributed by atoms with van der Waals surface area (Å²) < 4.78 is 0. The lowest BCUT2D eigenvalue weighted by Gasteiger charge is -2.28. The van der Waals surface area contributed by atoms with Crippen LogP contribution in [0.3, 0.4) is 0 Å². The minimum Gasteiger partial charge on any atom is -0.411 e. The number of oxime groups is 2. The van der Waals surface area contributed by atoms with E-state index >= 15 is 0 Å². The van der Waals surface area contributed by atoms with Gasteiger partial charge in [-0.25, -0.2) is 0 Å². The van der Waals surface area contributed by atoms with Crippen LogP contribution in [-0.2, 0) is 0 Å². The minimum atomic E-state index is 0.324. The lowest BCUT2D eigenvalue weighted by Crippen LogP contribution is -2.48. The molecule has 8 nitrogen and oxygen atoms in total. The van der Waals surface area contributed by atoms with Gasteiger partial charge in [0.25, 0.3) is 0 Å². The van der Waals surface area contributed by atoms with E-state index in [2.05, 4.69) is 26.3 Å². The average molecular weight is 272 g/mol. The van der Waals surface area contributed by atoms with Gasteiger partial charge in [-0.1, -0.05) is 10.3 Å². The van der Waals surface area contributed by atoms with E-state index < -0.39 is 0 Å². The highest BCUT2D eigenvalue weighted by atomic mass is 16.4. The lowest BCUT2D eigenvalue weighted by molar-refractivity contribution is 0.289. The molecule has 2 aliphatic heterocycles. The number of hydrogen-bond acceptors (Lipinski definition) is 7. The SMILES string of the molecule is C1CNCCN1.CC(=NO)C(=NO)N1CCNCC1. The van der Waals surface area contributed by atoms with Crippen LogP contribution < -0.4 is 16.0 Å². The Kier molecular flexibility index (Phi) is 7.87. The second-order valence-electron chi connectivity index (χ2n) is 4.35. The fourth-order valence-electron chi connectivity index (χ4n) is 1.89. The van der Waals surface area contributed by atoms with Crippen molar-refractivity contribution in [3.05, 3.63) is 0 Å². The maximum atomic E-state index is 8.71. The number of hydrogen-bond donors (Lipinski definition) is 5. The third-order valence-electron chi connectivity index (χ3n) is 2.94. The molecule has 0 bridgehead atoms. The second kappa shape index (κ2) is 9.54. The van der Waals surface area contributed by atoms with Gasteiger partial charge in [0.1, 0.15) is 5.71 Å². The summed E-state index contributed by atoms with van der Waals surface area (Å²) in [4.78, 5) is 1.87. The van der Waals surface area contributed by atoms with Crippen molar-refractivity contribution in [3.63, 3.8) is 0 Å². The van der Waals surface area contributed by atoms with Crippen LogP contribution in [0.2, 0.25) is 0 Å². The lowest BCUT2D eigenvalue weighted by atomic mass is 10.3. The maximum absolute atomic E-state index is 8.71. The van der Waals surface area contributed by atoms with E-state index in [1.165, 1.54) is 0 Å². The van der Waals surface area contributed by atoms with Crippen LogP contribution in [0.25, 0.3) is 0 Å². The summed E-state index contributed by atoms with van der Waals surface area (Å²) in [5.74, 6) is 0.337. The van der Waals surface area contributed by atoms with Crippen LogP contribution in [0.4, 0.5) is 0 Å². The second-order valence-corrected chi connectivity index (χ2v) is 4.35. The molecule has 110 valence electrons. The normalized spacial score (nSPS) is 21.6. The van der Waals surface area contributed by atoms with E-state index in [0.29, 0.717) is 11.5 Å². The largest absolute Gasteiger partial charge is 0.411 e. The molecule has 2 saturated heterocycles. The first-order chi connectivity index (χ1) is 9.29. The Balaban J connectivity index is 0.000000250. The molecule has 0 aromatic carbocycles. The van der Waals surface area contributed by atoms with Crippen molar-refractivity contribution in [3.8, 4) is 0 Å². The molecule has 0 aliphatic carbocycles. The molecule has 0 aromatic rings. The highest BCUT2D eigenvalue weighted by Crippen LogP contribution is 1.97. The maximum Gasteiger partial charge on any atom is 0.192 e. The Morgan fingerprint density at radius 3 is 1.68 bits per heavy atom. The third kappa shape index (κ3) is 5.86. The Labute approximate surface area is 113 Å². The van der Waals surface area contributed by atoms with Crippen LogP contribution in [-0.4, -0.2) is 79.2 Å². The number of nitrogens with zero attached hydrogens (tertiary/aromatic N) is 3. The molecule has 0 aromatic heterocycles. The summed E-state index contributed by atoms with van der Waals surface area (Å²) in [6.07, 6.45) is 0. The molecule has 19 heavy (non-hydrogen) atoms. The van der Waals surface area contributed by atoms with Gasteiger partial charge < -0.3 is 31.3 Å². The molecule has 8 heteroatoms. The minimum absolute atomic E-state index is 0.324. The summed E-state index contributed by atoms with van der Waals surface area (Å²) in [6, 6.07) is 0. The van der Waals surface area contributed by atoms with E-state index in [9.17, 15) is 0 Å². The number of rotatable bonds is 1. The smallest absolute Gasteiger partial charge is 0.192 e. The number of nitrogens with one attached hydrogen (secondary N) is 3. The molecule has 2 rings (SSSR count). The van der Waals surface area contributed by atoms with Crippen molar-refractivity contribution in [2.75, 3.05) is 52.4 Å². The van der Waals surface area contributed by atoms with E-state index in [0.717, 1.165) is 52.4 Å². The number of piperazine rings is 2. The van der Waals surface area contributed by atoms with Gasteiger partial charge in [0.05, 0.1) is 0 Å². The molecule has 5 N–H and O–H groups in total. The molecule has 0 saturated carbocycles. The van der Waals surface area contributed by atoms with E-state index in [1.54, 1.807) is 6.92 Å². The molecule has 0 atom stereocenters. The van der Waals surface area contributed by atoms with Gasteiger partial charge >= 0.3 is 0 Å². The fraction of sp³-hybridized carbons (Fsp3) is 0.818. The first kappa shape index (κ1) is 15.7. The van der Waals surface area contributed by atoms with Crippen LogP contribution in [0.15, 0.2) is 10.3 Å². The first-order valence-corrected chi connectivity index (χ1v) is 6.57. The standard InChI is InChI=1S/C7H14N4O2.C4H10N2/c1-6(9-12)7(10-13)11-4-2-8-3-5-11;1-2-6-4-3-5-1/h8,12-13H,2-5H2,1H3;5-6H,1-4H2. The van der Waals surface area contributed by atoms with Crippen molar-refractivity contribution in [2.24, 2.45) is 10.3 Å². The topological polar surface area (TPSA) is 105 Å². The van der Waals surface area contributed by atoms with E-state index in [4.69, 9.17) is 10.4 Å². The zero-order valence-electron chi connectivity index (χ0n) is 11.4. The van der Waals surface area contributed by atoms with Gasteiger partial charge in [-0.3, -0.25) is 0 Å². The Morgan fingerprint density at radius 1 is 0.842 bits per heavy atom. The Bertz CT molecular complexity index is 286. The molecule has 0 unspecified atom stereocenters. The summed E-state index contributed by atoms with van der Waals surface area (Å²) in [5.41, 5.74) is 0.324. The van der Waals surface area contributed by atoms with Crippen molar-refractivity contribution < 1.29 is 10.4 Å². The third-order valence-corrected chi connectivity index (χ3v) is 2.94. The molecule has 0 amide bonds. The molecule has 2 heterocycles. The zero-order valence-corrected chi connectivity index (χ0v) is 11.4. The van der Waals surface area contributed by atoms with Gasteiger partial charge in [-0.15, -0.1) is 0 Å². The predicted octanol–water partition coefficient (Wildman–Crippen LogP) is -1.29. The van der Waals surface area contributed by atoms with Crippen molar-refractivity contribution in [1.82, 2.24) is 20.9 Å². The van der Waals surface area contributed by atoms with Crippen molar-refractivity contribution in [1.29, 1.82) is 0 Å². The Morgan fingerprint density at radius 2 is 1.32 bits per heavy atom. The first-order valence-electron chi connectivity index (χ1n) is 6.57. The predicted molar refractivity (Wildman–Crippen MR) is 74.3 cm³/mol. The summed E-state index contributed by atoms with van der Waals surface area (Å²) in [6.45, 7) is 9.35. The van der Waals surface area contributed by atoms with Gasteiger partial charge in [0.2, 0.25) is 0 Å². The van der Waals surface area contributed by atoms with Gasteiger partial charge in [-0.05, 0) is 6.92 Å². The zero-order chi connectivity index (χ0) is 13.9. The van der Waals surface area contributed by atoms with E-state index in [-0.39, 0.29) is 0 Å². The van der Waals surface area contributed by atoms with Gasteiger partial charge in [-0.2, -0.15) is 0 Å². The molecule has 2 aliphatic rings. The highest BCUT2D eigenvalue weighted by molar-refractivity contribution is 6.40. The van der Waals surface area contributed by atoms with Crippen LogP contribution in [0.1, 0.15) is 6.92 Å². The average Bonchev–Trinajstić information content (AvgIpc) is 2.51. The Hall–Kier alpha value is -1.38. The highest BCUT2D eigenvalue weighted by Gasteiger charge is 2.17. The van der Waals surface area contributed by atoms with Crippen LogP contribution >= 0.6 is 0 Å². The molecule has 2 fully saturated rings. The summed E-state index contributed by atoms with van der Waals surface area (Å²) in [7, 11) is 0. The van der Waals surface area contributed by atoms with Crippen molar-refractivity contribution in [2.45, 2.75) is 6.92 Å². The molecule has 0 spiro atoms. The molecular formula is C11H24N6O2. The summed E-state index contributed by atoms with van der Waals surface area (Å²) >= 11 is 0. The molecule has 0 radical (unpaired) electrons. The van der Waals surface area contributed by atoms with Crippen molar-refractivity contribution >= 4 is 11.5 Å². The quantitative estimate of drug-likeness (QED) is 0.176. The van der Waals surface area contributed by atoms with Gasteiger partial charge in [0, 0.05) is 52.4 Å².